The fourth-order valence-electron chi connectivity index (χ4n) is 3.48. The number of halogens is 1. The highest BCUT2D eigenvalue weighted by molar-refractivity contribution is 7.92. The third kappa shape index (κ3) is 7.63. The second kappa shape index (κ2) is 12.6. The zero-order valence-corrected chi connectivity index (χ0v) is 21.5. The van der Waals surface area contributed by atoms with Crippen LogP contribution in [0.5, 0.6) is 5.75 Å². The molecule has 1 N–H and O–H groups in total. The van der Waals surface area contributed by atoms with E-state index in [9.17, 15) is 18.0 Å². The highest BCUT2D eigenvalue weighted by Gasteiger charge is 2.27. The van der Waals surface area contributed by atoms with E-state index in [0.717, 1.165) is 11.8 Å². The van der Waals surface area contributed by atoms with Crippen LogP contribution in [0.2, 0.25) is 5.02 Å². The lowest BCUT2D eigenvalue weighted by atomic mass is 10.1. The summed E-state index contributed by atoms with van der Waals surface area (Å²) in [5.74, 6) is -0.00119. The molecule has 0 unspecified atom stereocenters. The number of hydrogen-bond donors (Lipinski definition) is 1. The number of carbonyl (C=O) groups excluding carboxylic acids is 2. The zero-order valence-electron chi connectivity index (χ0n) is 20.0. The molecule has 0 aliphatic carbocycles. The third-order valence-electron chi connectivity index (χ3n) is 5.31. The summed E-state index contributed by atoms with van der Waals surface area (Å²) < 4.78 is 31.3. The van der Waals surface area contributed by atoms with Crippen molar-refractivity contribution in [2.75, 3.05) is 30.8 Å². The smallest absolute Gasteiger partial charge is 0.242 e. The van der Waals surface area contributed by atoms with Crippen molar-refractivity contribution in [1.82, 2.24) is 10.2 Å². The molecule has 34 heavy (non-hydrogen) atoms. The number of methoxy groups -OCH3 is 1. The van der Waals surface area contributed by atoms with Gasteiger partial charge in [-0.2, -0.15) is 0 Å². The summed E-state index contributed by atoms with van der Waals surface area (Å²) >= 11 is 6.28. The van der Waals surface area contributed by atoms with Crippen molar-refractivity contribution in [3.05, 3.63) is 59.1 Å². The van der Waals surface area contributed by atoms with E-state index < -0.39 is 16.1 Å². The summed E-state index contributed by atoms with van der Waals surface area (Å²) in [6.45, 7) is 4.19. The Morgan fingerprint density at radius 1 is 1.15 bits per heavy atom. The monoisotopic (exact) mass is 509 g/mol. The maximum Gasteiger partial charge on any atom is 0.242 e. The van der Waals surface area contributed by atoms with E-state index in [-0.39, 0.29) is 37.7 Å². The first-order valence-electron chi connectivity index (χ1n) is 11.0. The Hall–Kier alpha value is -2.78. The van der Waals surface area contributed by atoms with Crippen LogP contribution in [0.25, 0.3) is 0 Å². The SMILES string of the molecule is CCNC(=O)[C@H](C)N(Cc1ccccc1Cl)C(=O)CCCN(c1cccc(OC)c1)S(C)(=O)=O. The average molecular weight is 510 g/mol. The average Bonchev–Trinajstić information content (AvgIpc) is 2.80. The Labute approximate surface area is 206 Å². The van der Waals surface area contributed by atoms with Gasteiger partial charge < -0.3 is 15.0 Å². The first kappa shape index (κ1) is 27.5. The molecule has 10 heteroatoms. The van der Waals surface area contributed by atoms with E-state index in [1.165, 1.54) is 16.3 Å². The number of nitrogens with zero attached hydrogens (tertiary/aromatic N) is 2. The van der Waals surface area contributed by atoms with Crippen LogP contribution in [0, 0.1) is 0 Å². The van der Waals surface area contributed by atoms with Crippen molar-refractivity contribution in [2.24, 2.45) is 0 Å². The van der Waals surface area contributed by atoms with Crippen LogP contribution in [0.3, 0.4) is 0 Å². The molecule has 186 valence electrons. The molecule has 0 fully saturated rings. The van der Waals surface area contributed by atoms with Crippen molar-refractivity contribution >= 4 is 39.1 Å². The standard InChI is InChI=1S/C24H32ClN3O5S/c1-5-26-24(30)18(2)27(17-19-10-6-7-13-22(19)25)23(29)14-9-15-28(34(4,31)32)20-11-8-12-21(16-20)33-3/h6-8,10-13,16,18H,5,9,14-15,17H2,1-4H3,(H,26,30)/t18-/m0/s1. The van der Waals surface area contributed by atoms with Crippen LogP contribution in [-0.2, 0) is 26.2 Å². The molecule has 2 rings (SSSR count). The van der Waals surface area contributed by atoms with Crippen molar-refractivity contribution < 1.29 is 22.7 Å². The van der Waals surface area contributed by atoms with Crippen molar-refractivity contribution in [1.29, 1.82) is 0 Å². The van der Waals surface area contributed by atoms with Gasteiger partial charge in [-0.05, 0) is 44.0 Å². The van der Waals surface area contributed by atoms with Gasteiger partial charge in [0.25, 0.3) is 0 Å². The molecule has 0 aliphatic heterocycles. The summed E-state index contributed by atoms with van der Waals surface area (Å²) in [6, 6.07) is 13.2. The lowest BCUT2D eigenvalue weighted by Gasteiger charge is -2.29. The number of carbonyl (C=O) groups is 2. The van der Waals surface area contributed by atoms with Crippen LogP contribution in [-0.4, -0.2) is 57.6 Å². The highest BCUT2D eigenvalue weighted by atomic mass is 35.5. The van der Waals surface area contributed by atoms with Crippen LogP contribution < -0.4 is 14.4 Å². The van der Waals surface area contributed by atoms with Gasteiger partial charge in [-0.3, -0.25) is 13.9 Å². The number of anilines is 1. The third-order valence-corrected chi connectivity index (χ3v) is 6.87. The maximum absolute atomic E-state index is 13.2. The van der Waals surface area contributed by atoms with E-state index in [4.69, 9.17) is 16.3 Å². The molecule has 0 bridgehead atoms. The first-order chi connectivity index (χ1) is 16.1. The van der Waals surface area contributed by atoms with Crippen LogP contribution in [0.15, 0.2) is 48.5 Å². The predicted octanol–water partition coefficient (Wildman–Crippen LogP) is 3.45. The first-order valence-corrected chi connectivity index (χ1v) is 13.2. The summed E-state index contributed by atoms with van der Waals surface area (Å²) in [4.78, 5) is 27.2. The lowest BCUT2D eigenvalue weighted by Crippen LogP contribution is -2.47. The molecule has 0 spiro atoms. The molecule has 2 amide bonds. The molecule has 2 aromatic rings. The number of likely N-dealkylation sites (N-methyl/N-ethyl adjacent to an activating group) is 1. The Balaban J connectivity index is 2.17. The maximum atomic E-state index is 13.2. The molecular weight excluding hydrogens is 478 g/mol. The van der Waals surface area contributed by atoms with E-state index in [2.05, 4.69) is 5.32 Å². The molecular formula is C24H32ClN3O5S. The zero-order chi connectivity index (χ0) is 25.3. The largest absolute Gasteiger partial charge is 0.497 e. The normalized spacial score (nSPS) is 12.0. The fourth-order valence-corrected chi connectivity index (χ4v) is 4.64. The molecule has 0 heterocycles. The molecule has 0 radical (unpaired) electrons. The Bertz CT molecular complexity index is 1090. The number of nitrogens with one attached hydrogen (secondary N) is 1. The Morgan fingerprint density at radius 3 is 2.47 bits per heavy atom. The van der Waals surface area contributed by atoms with E-state index in [0.29, 0.717) is 23.0 Å². The number of sulfonamides is 1. The molecule has 0 saturated carbocycles. The minimum Gasteiger partial charge on any atom is -0.497 e. The number of rotatable bonds is 12. The highest BCUT2D eigenvalue weighted by Crippen LogP contribution is 2.24. The Kier molecular flexibility index (Phi) is 10.2. The fraction of sp³-hybridized carbons (Fsp3) is 0.417. The van der Waals surface area contributed by atoms with Crippen LogP contribution >= 0.6 is 11.6 Å². The lowest BCUT2D eigenvalue weighted by molar-refractivity contribution is -0.140. The van der Waals surface area contributed by atoms with Gasteiger partial charge in [0.1, 0.15) is 11.8 Å². The molecule has 8 nitrogen and oxygen atoms in total. The number of amides is 2. The number of ether oxygens (including phenoxy) is 1. The molecule has 0 aliphatic rings. The van der Waals surface area contributed by atoms with Crippen molar-refractivity contribution in [3.63, 3.8) is 0 Å². The quantitative estimate of drug-likeness (QED) is 0.472. The van der Waals surface area contributed by atoms with E-state index in [1.54, 1.807) is 49.4 Å². The summed E-state index contributed by atoms with van der Waals surface area (Å²) in [5.41, 5.74) is 1.18. The summed E-state index contributed by atoms with van der Waals surface area (Å²) in [7, 11) is -2.08. The Morgan fingerprint density at radius 2 is 1.85 bits per heavy atom. The van der Waals surface area contributed by atoms with Crippen LogP contribution in [0.1, 0.15) is 32.3 Å². The topological polar surface area (TPSA) is 96.0 Å². The molecule has 2 aromatic carbocycles. The summed E-state index contributed by atoms with van der Waals surface area (Å²) in [6.07, 6.45) is 1.45. The molecule has 1 atom stereocenters. The minimum atomic E-state index is -3.58. The number of hydrogen-bond acceptors (Lipinski definition) is 5. The molecule has 0 saturated heterocycles. The predicted molar refractivity (Wildman–Crippen MR) is 135 cm³/mol. The van der Waals surface area contributed by atoms with Gasteiger partial charge in [0, 0.05) is 37.1 Å². The van der Waals surface area contributed by atoms with Gasteiger partial charge in [-0.1, -0.05) is 35.9 Å². The number of benzene rings is 2. The van der Waals surface area contributed by atoms with E-state index in [1.807, 2.05) is 13.0 Å². The van der Waals surface area contributed by atoms with Gasteiger partial charge in [-0.15, -0.1) is 0 Å². The second-order valence-corrected chi connectivity index (χ2v) is 10.1. The summed E-state index contributed by atoms with van der Waals surface area (Å²) in [5, 5.41) is 3.25. The van der Waals surface area contributed by atoms with Gasteiger partial charge in [-0.25, -0.2) is 8.42 Å². The minimum absolute atomic E-state index is 0.0597. The van der Waals surface area contributed by atoms with Gasteiger partial charge in [0.2, 0.25) is 21.8 Å². The van der Waals surface area contributed by atoms with Crippen molar-refractivity contribution in [2.45, 2.75) is 39.3 Å². The van der Waals surface area contributed by atoms with Gasteiger partial charge in [0.15, 0.2) is 0 Å². The van der Waals surface area contributed by atoms with Crippen LogP contribution in [0.4, 0.5) is 5.69 Å². The molecule has 0 aromatic heterocycles. The van der Waals surface area contributed by atoms with Gasteiger partial charge in [0.05, 0.1) is 19.1 Å². The van der Waals surface area contributed by atoms with E-state index >= 15 is 0 Å². The van der Waals surface area contributed by atoms with Crippen molar-refractivity contribution in [3.8, 4) is 5.75 Å². The van der Waals surface area contributed by atoms with Gasteiger partial charge >= 0.3 is 0 Å². The second-order valence-electron chi connectivity index (χ2n) is 7.82.